The van der Waals surface area contributed by atoms with Crippen molar-refractivity contribution in [2.75, 3.05) is 23.8 Å². The Hall–Kier alpha value is -3.48. The van der Waals surface area contributed by atoms with Gasteiger partial charge in [-0.2, -0.15) is 4.98 Å². The zero-order chi connectivity index (χ0) is 22.4. The molecule has 2 aromatic heterocycles. The van der Waals surface area contributed by atoms with Gasteiger partial charge in [0.1, 0.15) is 18.2 Å². The van der Waals surface area contributed by atoms with Crippen molar-refractivity contribution in [3.8, 4) is 16.9 Å². The third kappa shape index (κ3) is 3.68. The number of anilines is 2. The molecule has 0 bridgehead atoms. The Labute approximate surface area is 188 Å². The summed E-state index contributed by atoms with van der Waals surface area (Å²) < 4.78 is 6.09. The number of pyridine rings is 1. The largest absolute Gasteiger partial charge is 0.491 e. The van der Waals surface area contributed by atoms with E-state index >= 15 is 0 Å². The summed E-state index contributed by atoms with van der Waals surface area (Å²) in [6.07, 6.45) is 2.78. The maximum absolute atomic E-state index is 6.09. The van der Waals surface area contributed by atoms with Gasteiger partial charge in [0.2, 0.25) is 5.95 Å². The molecule has 0 saturated heterocycles. The van der Waals surface area contributed by atoms with Crippen molar-refractivity contribution in [1.29, 1.82) is 0 Å². The van der Waals surface area contributed by atoms with Crippen LogP contribution < -0.4 is 15.4 Å². The maximum atomic E-state index is 6.09. The molecule has 0 fully saturated rings. The summed E-state index contributed by atoms with van der Waals surface area (Å²) in [6.45, 7) is 10.4. The summed E-state index contributed by atoms with van der Waals surface area (Å²) in [5.74, 6) is 2.41. The maximum Gasteiger partial charge on any atom is 0.222 e. The first-order chi connectivity index (χ1) is 15.4. The van der Waals surface area contributed by atoms with Crippen molar-refractivity contribution in [1.82, 2.24) is 15.0 Å². The summed E-state index contributed by atoms with van der Waals surface area (Å²) in [5.41, 5.74) is 14.5. The van der Waals surface area contributed by atoms with Crippen molar-refractivity contribution < 1.29 is 4.74 Å². The normalized spacial score (nSPS) is 15.2. The van der Waals surface area contributed by atoms with Crippen LogP contribution in [0, 0.1) is 6.92 Å². The van der Waals surface area contributed by atoms with Crippen LogP contribution in [0.3, 0.4) is 0 Å². The van der Waals surface area contributed by atoms with Crippen LogP contribution in [0.15, 0.2) is 35.5 Å². The Morgan fingerprint density at radius 1 is 1.09 bits per heavy atom. The van der Waals surface area contributed by atoms with Gasteiger partial charge in [0.15, 0.2) is 0 Å². The zero-order valence-corrected chi connectivity index (χ0v) is 19.0. The van der Waals surface area contributed by atoms with E-state index in [1.54, 1.807) is 0 Å². The minimum Gasteiger partial charge on any atom is -0.491 e. The topological polar surface area (TPSA) is 89.5 Å². The lowest BCUT2D eigenvalue weighted by atomic mass is 10.0. The molecule has 0 radical (unpaired) electrons. The Bertz CT molecular complexity index is 1230. The Morgan fingerprint density at radius 3 is 2.75 bits per heavy atom. The van der Waals surface area contributed by atoms with Gasteiger partial charge in [0, 0.05) is 47.3 Å². The van der Waals surface area contributed by atoms with Gasteiger partial charge in [-0.15, -0.1) is 0 Å². The highest BCUT2D eigenvalue weighted by Gasteiger charge is 2.23. The van der Waals surface area contributed by atoms with Crippen LogP contribution in [0.4, 0.5) is 17.5 Å². The number of hydrogen-bond acceptors (Lipinski definition) is 7. The predicted molar refractivity (Wildman–Crippen MR) is 128 cm³/mol. The fraction of sp³-hybridized carbons (Fsp3) is 0.360. The molecule has 3 aromatic rings. The van der Waals surface area contributed by atoms with Crippen molar-refractivity contribution in [2.45, 2.75) is 46.6 Å². The lowest BCUT2D eigenvalue weighted by Crippen LogP contribution is -2.28. The van der Waals surface area contributed by atoms with E-state index in [0.29, 0.717) is 25.0 Å². The summed E-state index contributed by atoms with van der Waals surface area (Å²) in [4.78, 5) is 20.6. The first-order valence-electron chi connectivity index (χ1n) is 11.1. The predicted octanol–water partition coefficient (Wildman–Crippen LogP) is 4.60. The molecule has 2 aliphatic heterocycles. The molecule has 0 atom stereocenters. The van der Waals surface area contributed by atoms with E-state index in [2.05, 4.69) is 63.0 Å². The lowest BCUT2D eigenvalue weighted by Gasteiger charge is -2.26. The highest BCUT2D eigenvalue weighted by Crippen LogP contribution is 2.35. The molecular weight excluding hydrogens is 400 g/mol. The molecular formula is C25H28N6O. The first kappa shape index (κ1) is 20.4. The number of nitrogens with two attached hydrogens (primary N) is 1. The van der Waals surface area contributed by atoms with Crippen LogP contribution in [-0.4, -0.2) is 33.8 Å². The lowest BCUT2D eigenvalue weighted by molar-refractivity contribution is 0.331. The number of benzene rings is 1. The number of rotatable bonds is 3. The number of hydrogen-bond donors (Lipinski definition) is 1. The van der Waals surface area contributed by atoms with Gasteiger partial charge in [0.25, 0.3) is 0 Å². The van der Waals surface area contributed by atoms with E-state index in [-0.39, 0.29) is 0 Å². The molecule has 2 N–H and O–H groups in total. The van der Waals surface area contributed by atoms with E-state index in [1.807, 2.05) is 20.0 Å². The van der Waals surface area contributed by atoms with E-state index in [9.17, 15) is 0 Å². The van der Waals surface area contributed by atoms with Crippen LogP contribution in [0.25, 0.3) is 11.1 Å². The molecule has 1 aromatic carbocycles. The minimum atomic E-state index is 0.294. The second-order valence-electron chi connectivity index (χ2n) is 8.87. The molecule has 0 spiro atoms. The van der Waals surface area contributed by atoms with Crippen LogP contribution in [0.2, 0.25) is 0 Å². The highest BCUT2D eigenvalue weighted by atomic mass is 16.5. The number of ether oxygens (including phenoxy) is 1. The number of nitrogens with zero attached hydrogens (tertiary/aromatic N) is 5. The quantitative estimate of drug-likeness (QED) is 0.656. The van der Waals surface area contributed by atoms with Gasteiger partial charge < -0.3 is 15.4 Å². The van der Waals surface area contributed by atoms with E-state index in [4.69, 9.17) is 10.5 Å². The standard InChI is InChI=1S/C25H28N6O/c1-14(2)23-16(4)29-25(26)30-24(23)31-7-8-32-22-6-5-17(10-19(22)13-31)18-11-21-20(27-12-18)9-15(3)28-21/h5-6,10-12,14H,7-9,13H2,1-4H3,(H2,26,29,30). The number of aryl methyl sites for hydroxylation is 1. The van der Waals surface area contributed by atoms with E-state index in [1.165, 1.54) is 0 Å². The van der Waals surface area contributed by atoms with Gasteiger partial charge in [-0.1, -0.05) is 19.9 Å². The van der Waals surface area contributed by atoms with Gasteiger partial charge in [-0.05, 0) is 43.5 Å². The Kier molecular flexibility index (Phi) is 5.04. The molecule has 4 heterocycles. The molecule has 32 heavy (non-hydrogen) atoms. The van der Waals surface area contributed by atoms with Crippen LogP contribution >= 0.6 is 0 Å². The molecule has 2 aliphatic rings. The first-order valence-corrected chi connectivity index (χ1v) is 11.1. The van der Waals surface area contributed by atoms with E-state index < -0.39 is 0 Å². The molecule has 0 saturated carbocycles. The van der Waals surface area contributed by atoms with Crippen LogP contribution in [-0.2, 0) is 13.0 Å². The molecule has 5 rings (SSSR count). The third-order valence-electron chi connectivity index (χ3n) is 6.07. The smallest absolute Gasteiger partial charge is 0.222 e. The summed E-state index contributed by atoms with van der Waals surface area (Å²) in [5, 5.41) is 0. The molecule has 0 amide bonds. The average Bonchev–Trinajstić information content (AvgIpc) is 2.98. The van der Waals surface area contributed by atoms with Gasteiger partial charge >= 0.3 is 0 Å². The fourth-order valence-electron chi connectivity index (χ4n) is 4.62. The average molecular weight is 429 g/mol. The van der Waals surface area contributed by atoms with Crippen LogP contribution in [0.5, 0.6) is 5.75 Å². The van der Waals surface area contributed by atoms with E-state index in [0.717, 1.165) is 69.6 Å². The summed E-state index contributed by atoms with van der Waals surface area (Å²) in [6, 6.07) is 8.46. The molecule has 0 aliphatic carbocycles. The van der Waals surface area contributed by atoms with Crippen molar-refractivity contribution in [2.24, 2.45) is 4.99 Å². The SMILES string of the molecule is CC1=Nc2cc(-c3ccc4c(c3)CN(c3nc(N)nc(C)c3C(C)C)CCO4)cnc2C1. The monoisotopic (exact) mass is 428 g/mol. The number of aromatic nitrogens is 3. The minimum absolute atomic E-state index is 0.294. The number of nitrogen functional groups attached to an aromatic ring is 1. The zero-order valence-electron chi connectivity index (χ0n) is 19.0. The number of fused-ring (bicyclic) bond motifs is 2. The highest BCUT2D eigenvalue weighted by molar-refractivity contribution is 5.92. The van der Waals surface area contributed by atoms with Crippen molar-refractivity contribution >= 4 is 23.2 Å². The second kappa shape index (κ2) is 7.89. The summed E-state index contributed by atoms with van der Waals surface area (Å²) in [7, 11) is 0. The molecule has 7 heteroatoms. The third-order valence-corrected chi connectivity index (χ3v) is 6.07. The van der Waals surface area contributed by atoms with Gasteiger partial charge in [0.05, 0.1) is 17.9 Å². The van der Waals surface area contributed by atoms with Gasteiger partial charge in [-0.25, -0.2) is 4.98 Å². The Balaban J connectivity index is 1.52. The van der Waals surface area contributed by atoms with Gasteiger partial charge in [-0.3, -0.25) is 9.98 Å². The van der Waals surface area contributed by atoms with Crippen molar-refractivity contribution in [3.05, 3.63) is 53.0 Å². The molecule has 0 unspecified atom stereocenters. The van der Waals surface area contributed by atoms with Crippen molar-refractivity contribution in [3.63, 3.8) is 0 Å². The Morgan fingerprint density at radius 2 is 1.94 bits per heavy atom. The molecule has 164 valence electrons. The molecule has 7 nitrogen and oxygen atoms in total. The van der Waals surface area contributed by atoms with Crippen LogP contribution in [0.1, 0.15) is 49.2 Å². The second-order valence-corrected chi connectivity index (χ2v) is 8.87. The number of aliphatic imine (C=N–C) groups is 1. The fourth-order valence-corrected chi connectivity index (χ4v) is 4.62. The summed E-state index contributed by atoms with van der Waals surface area (Å²) >= 11 is 0.